The van der Waals surface area contributed by atoms with E-state index < -0.39 is 17.7 Å². The molecule has 0 saturated carbocycles. The molecule has 0 amide bonds. The van der Waals surface area contributed by atoms with Gasteiger partial charge in [-0.1, -0.05) is 122 Å². The first-order valence-corrected chi connectivity index (χ1v) is 16.9. The van der Waals surface area contributed by atoms with E-state index in [0.29, 0.717) is 35.8 Å². The number of carbonyl (C=O) groups is 1. The Morgan fingerprint density at radius 3 is 1.76 bits per heavy atom. The maximum atomic E-state index is 13.4. The Kier molecular flexibility index (Phi) is 18.8. The molecule has 0 heterocycles. The zero-order valence-electron chi connectivity index (χ0n) is 27.3. The smallest absolute Gasteiger partial charge is 0.416 e. The molecule has 1 N–H and O–H groups in total. The molecule has 0 aliphatic carbocycles. The van der Waals surface area contributed by atoms with Gasteiger partial charge >= 0.3 is 12.1 Å². The number of rotatable bonds is 24. The molecule has 0 aromatic heterocycles. The molecule has 0 radical (unpaired) electrons. The van der Waals surface area contributed by atoms with Crippen LogP contribution in [-0.2, 0) is 11.0 Å². The lowest BCUT2D eigenvalue weighted by Gasteiger charge is -2.14. The van der Waals surface area contributed by atoms with Crippen LogP contribution in [0.4, 0.5) is 13.2 Å². The summed E-state index contributed by atoms with van der Waals surface area (Å²) in [5.74, 6) is 0.0280. The molecule has 0 aliphatic rings. The van der Waals surface area contributed by atoms with Crippen molar-refractivity contribution in [1.29, 1.82) is 0 Å². The largest absolute Gasteiger partial charge is 0.490 e. The second-order valence-electron chi connectivity index (χ2n) is 11.7. The number of carboxylic acids is 1. The van der Waals surface area contributed by atoms with Crippen LogP contribution >= 0.6 is 0 Å². The number of benzene rings is 2. The maximum Gasteiger partial charge on any atom is 0.416 e. The lowest BCUT2D eigenvalue weighted by atomic mass is 9.99. The Morgan fingerprint density at radius 1 is 0.689 bits per heavy atom. The van der Waals surface area contributed by atoms with E-state index in [9.17, 15) is 23.1 Å². The summed E-state index contributed by atoms with van der Waals surface area (Å²) in [5, 5.41) is 9.21. The minimum absolute atomic E-state index is 0.263. The fourth-order valence-electron chi connectivity index (χ4n) is 5.13. The fourth-order valence-corrected chi connectivity index (χ4v) is 5.13. The number of hydrogen-bond donors (Lipinski definition) is 1. The van der Waals surface area contributed by atoms with Gasteiger partial charge in [0.25, 0.3) is 0 Å². The van der Waals surface area contributed by atoms with Crippen LogP contribution in [0.3, 0.4) is 0 Å². The number of allylic oxidation sites excluding steroid dienone is 2. The van der Waals surface area contributed by atoms with Crippen LogP contribution in [0.1, 0.15) is 133 Å². The van der Waals surface area contributed by atoms with Crippen LogP contribution in [0.15, 0.2) is 54.6 Å². The van der Waals surface area contributed by atoms with Gasteiger partial charge in [-0.25, -0.2) is 4.79 Å². The summed E-state index contributed by atoms with van der Waals surface area (Å²) in [6.07, 6.45) is 18.5. The van der Waals surface area contributed by atoms with Crippen molar-refractivity contribution >= 4 is 17.6 Å². The minimum atomic E-state index is -4.51. The standard InChI is InChI=1S/C38H53F3O4/c1-3-5-7-9-11-13-15-17-26-44-35-24-22-31(29-36(35)45-27-18-16-14-12-10-8-6-4-2)28-33(23-25-37(42)43)32-20-19-21-34(30-32)38(39,40)41/h19-25,28-30H,3-18,26-27H2,1-2H3,(H,42,43)/b25-23+,33-28-. The van der Waals surface area contributed by atoms with Gasteiger partial charge in [0, 0.05) is 6.08 Å². The number of carboxylic acid groups (broad SMARTS) is 1. The quantitative estimate of drug-likeness (QED) is 0.0543. The number of alkyl halides is 3. The van der Waals surface area contributed by atoms with Crippen LogP contribution < -0.4 is 9.47 Å². The zero-order chi connectivity index (χ0) is 32.8. The SMILES string of the molecule is CCCCCCCCCCOc1ccc(/C=C(/C=C/C(=O)O)c2cccc(C(F)(F)F)c2)cc1OCCCCCCCCCC. The molecular formula is C38H53F3O4. The Bertz CT molecular complexity index is 1170. The summed E-state index contributed by atoms with van der Waals surface area (Å²) in [7, 11) is 0. The van der Waals surface area contributed by atoms with Crippen molar-refractivity contribution in [2.45, 2.75) is 123 Å². The first kappa shape index (κ1) is 38.0. The van der Waals surface area contributed by atoms with E-state index in [4.69, 9.17) is 9.47 Å². The highest BCUT2D eigenvalue weighted by Crippen LogP contribution is 2.34. The highest BCUT2D eigenvalue weighted by Gasteiger charge is 2.30. The molecule has 2 aromatic rings. The molecule has 4 nitrogen and oxygen atoms in total. The zero-order valence-corrected chi connectivity index (χ0v) is 27.3. The molecule has 0 unspecified atom stereocenters. The van der Waals surface area contributed by atoms with Crippen LogP contribution in [0.25, 0.3) is 11.6 Å². The number of halogens is 3. The highest BCUT2D eigenvalue weighted by molar-refractivity contribution is 5.92. The molecule has 0 bridgehead atoms. The summed E-state index contributed by atoms with van der Waals surface area (Å²) < 4.78 is 52.5. The average Bonchev–Trinajstić information content (AvgIpc) is 3.01. The molecule has 2 rings (SSSR count). The van der Waals surface area contributed by atoms with Crippen LogP contribution in [-0.4, -0.2) is 24.3 Å². The molecular weight excluding hydrogens is 577 g/mol. The third kappa shape index (κ3) is 16.6. The predicted octanol–water partition coefficient (Wildman–Crippen LogP) is 11.9. The van der Waals surface area contributed by atoms with Crippen molar-refractivity contribution in [3.05, 3.63) is 71.3 Å². The van der Waals surface area contributed by atoms with E-state index in [0.717, 1.165) is 43.9 Å². The van der Waals surface area contributed by atoms with Gasteiger partial charge in [0.1, 0.15) is 0 Å². The van der Waals surface area contributed by atoms with E-state index in [1.165, 1.54) is 95.3 Å². The molecule has 0 atom stereocenters. The van der Waals surface area contributed by atoms with Gasteiger partial charge in [0.05, 0.1) is 18.8 Å². The summed E-state index contributed by atoms with van der Waals surface area (Å²) in [6.45, 7) is 5.55. The molecule has 0 fully saturated rings. The van der Waals surface area contributed by atoms with E-state index in [1.807, 2.05) is 18.2 Å². The molecule has 0 aliphatic heterocycles. The molecule has 7 heteroatoms. The van der Waals surface area contributed by atoms with E-state index in [1.54, 1.807) is 6.08 Å². The summed E-state index contributed by atoms with van der Waals surface area (Å²) in [6, 6.07) is 10.3. The van der Waals surface area contributed by atoms with Crippen molar-refractivity contribution < 1.29 is 32.5 Å². The van der Waals surface area contributed by atoms with Gasteiger partial charge in [0.2, 0.25) is 0 Å². The summed E-state index contributed by atoms with van der Waals surface area (Å²) in [4.78, 5) is 11.3. The maximum absolute atomic E-state index is 13.4. The van der Waals surface area contributed by atoms with Crippen molar-refractivity contribution in [1.82, 2.24) is 0 Å². The third-order valence-electron chi connectivity index (χ3n) is 7.73. The fraction of sp³-hybridized carbons (Fsp3) is 0.553. The molecule has 0 saturated heterocycles. The molecule has 0 spiro atoms. The monoisotopic (exact) mass is 630 g/mol. The van der Waals surface area contributed by atoms with Gasteiger partial charge in [0.15, 0.2) is 11.5 Å². The van der Waals surface area contributed by atoms with Crippen LogP contribution in [0.5, 0.6) is 11.5 Å². The minimum Gasteiger partial charge on any atom is -0.490 e. The predicted molar refractivity (Wildman–Crippen MR) is 179 cm³/mol. The number of hydrogen-bond acceptors (Lipinski definition) is 3. The normalized spacial score (nSPS) is 12.2. The van der Waals surface area contributed by atoms with Crippen molar-refractivity contribution in [2.24, 2.45) is 0 Å². The van der Waals surface area contributed by atoms with Gasteiger partial charge in [-0.15, -0.1) is 0 Å². The van der Waals surface area contributed by atoms with Crippen molar-refractivity contribution in [3.63, 3.8) is 0 Å². The van der Waals surface area contributed by atoms with Crippen LogP contribution in [0.2, 0.25) is 0 Å². The Hall–Kier alpha value is -3.22. The Labute approximate surface area is 268 Å². The van der Waals surface area contributed by atoms with Crippen LogP contribution in [0, 0.1) is 0 Å². The van der Waals surface area contributed by atoms with Crippen molar-refractivity contribution in [2.75, 3.05) is 13.2 Å². The van der Waals surface area contributed by atoms with Gasteiger partial charge in [-0.2, -0.15) is 13.2 Å². The lowest BCUT2D eigenvalue weighted by molar-refractivity contribution is -0.137. The van der Waals surface area contributed by atoms with Gasteiger partial charge < -0.3 is 14.6 Å². The lowest BCUT2D eigenvalue weighted by Crippen LogP contribution is -2.05. The Morgan fingerprint density at radius 2 is 1.22 bits per heavy atom. The number of unbranched alkanes of at least 4 members (excludes halogenated alkanes) is 14. The Balaban J connectivity index is 2.16. The molecule has 250 valence electrons. The molecule has 2 aromatic carbocycles. The van der Waals surface area contributed by atoms with Crippen molar-refractivity contribution in [3.8, 4) is 11.5 Å². The topological polar surface area (TPSA) is 55.8 Å². The van der Waals surface area contributed by atoms with E-state index in [2.05, 4.69) is 13.8 Å². The van der Waals surface area contributed by atoms with E-state index in [-0.39, 0.29) is 5.56 Å². The molecule has 45 heavy (non-hydrogen) atoms. The number of ether oxygens (including phenoxy) is 2. The first-order chi connectivity index (χ1) is 21.7. The second kappa shape index (κ2) is 22.3. The number of aliphatic carboxylic acids is 1. The van der Waals surface area contributed by atoms with Gasteiger partial charge in [-0.05, 0) is 66.0 Å². The average molecular weight is 631 g/mol. The van der Waals surface area contributed by atoms with Gasteiger partial charge in [-0.3, -0.25) is 0 Å². The summed E-state index contributed by atoms with van der Waals surface area (Å²) in [5.41, 5.74) is 0.473. The van der Waals surface area contributed by atoms with E-state index >= 15 is 0 Å². The second-order valence-corrected chi connectivity index (χ2v) is 11.7. The third-order valence-corrected chi connectivity index (χ3v) is 7.73. The first-order valence-electron chi connectivity index (χ1n) is 16.9. The highest BCUT2D eigenvalue weighted by atomic mass is 19.4. The summed E-state index contributed by atoms with van der Waals surface area (Å²) >= 11 is 0.